The number of carbonyl (C=O) groups excluding carboxylic acids is 1. The van der Waals surface area contributed by atoms with Gasteiger partial charge in [0.15, 0.2) is 5.69 Å². The number of carbonyl (C=O) groups is 1. The summed E-state index contributed by atoms with van der Waals surface area (Å²) in [4.78, 5) is 24.5. The number of rotatable bonds is 4. The highest BCUT2D eigenvalue weighted by Gasteiger charge is 2.38. The van der Waals surface area contributed by atoms with E-state index in [0.29, 0.717) is 17.1 Å². The Morgan fingerprint density at radius 1 is 1.35 bits per heavy atom. The second kappa shape index (κ2) is 6.79. The molecule has 3 fully saturated rings. The Hall–Kier alpha value is -2.29. The summed E-state index contributed by atoms with van der Waals surface area (Å²) < 4.78 is 26.0. The number of aromatic amines is 1. The summed E-state index contributed by atoms with van der Waals surface area (Å²) in [5.41, 5.74) is 2.18. The molecule has 3 aliphatic heterocycles. The number of fused-ring (bicyclic) bond motifs is 4. The van der Waals surface area contributed by atoms with Crippen molar-refractivity contribution in [3.05, 3.63) is 35.7 Å². The fraction of sp³-hybridized carbons (Fsp3) is 0.588. The highest BCUT2D eigenvalue weighted by Crippen LogP contribution is 2.30. The van der Waals surface area contributed by atoms with E-state index < -0.39 is 6.55 Å². The number of hydrogen-bond acceptors (Lipinski definition) is 4. The van der Waals surface area contributed by atoms with Crippen molar-refractivity contribution in [1.82, 2.24) is 29.5 Å². The summed E-state index contributed by atoms with van der Waals surface area (Å²) in [6, 6.07) is 1.45. The Morgan fingerprint density at radius 3 is 2.88 bits per heavy atom. The highest BCUT2D eigenvalue weighted by molar-refractivity contribution is 5.92. The molecule has 9 heteroatoms. The van der Waals surface area contributed by atoms with Crippen molar-refractivity contribution >= 4 is 5.91 Å². The van der Waals surface area contributed by atoms with E-state index in [1.807, 2.05) is 11.8 Å². The molecule has 2 atom stereocenters. The lowest BCUT2D eigenvalue weighted by molar-refractivity contribution is 0.0517. The van der Waals surface area contributed by atoms with E-state index in [9.17, 15) is 13.6 Å². The molecule has 2 bridgehead atoms. The maximum absolute atomic E-state index is 12.8. The quantitative estimate of drug-likeness (QED) is 0.901. The van der Waals surface area contributed by atoms with Gasteiger partial charge in [-0.25, -0.2) is 9.67 Å². The number of nitrogens with one attached hydrogen (secondary N) is 1. The third-order valence-corrected chi connectivity index (χ3v) is 5.39. The van der Waals surface area contributed by atoms with Crippen LogP contribution in [0.15, 0.2) is 18.6 Å². The van der Waals surface area contributed by atoms with Crippen LogP contribution in [0.1, 0.15) is 41.3 Å². The van der Waals surface area contributed by atoms with Crippen molar-refractivity contribution in [2.24, 2.45) is 5.92 Å². The van der Waals surface area contributed by atoms with Crippen molar-refractivity contribution in [3.8, 4) is 0 Å². The molecule has 5 heterocycles. The van der Waals surface area contributed by atoms with Gasteiger partial charge in [-0.05, 0) is 31.7 Å². The van der Waals surface area contributed by atoms with Gasteiger partial charge >= 0.3 is 6.55 Å². The van der Waals surface area contributed by atoms with E-state index >= 15 is 0 Å². The normalized spacial score (nSPS) is 23.6. The third kappa shape index (κ3) is 3.23. The Morgan fingerprint density at radius 2 is 2.19 bits per heavy atom. The van der Waals surface area contributed by atoms with E-state index in [4.69, 9.17) is 0 Å². The number of amides is 1. The summed E-state index contributed by atoms with van der Waals surface area (Å²) in [6.07, 6.45) is 4.87. The Bertz CT molecular complexity index is 788. The molecule has 2 aromatic rings. The second-order valence-corrected chi connectivity index (χ2v) is 7.18. The maximum Gasteiger partial charge on any atom is 0.333 e. The summed E-state index contributed by atoms with van der Waals surface area (Å²) >= 11 is 0. The zero-order valence-corrected chi connectivity index (χ0v) is 14.6. The first kappa shape index (κ1) is 17.1. The van der Waals surface area contributed by atoms with E-state index in [1.165, 1.54) is 6.07 Å². The molecule has 140 valence electrons. The van der Waals surface area contributed by atoms with Gasteiger partial charge in [-0.2, -0.15) is 13.9 Å². The van der Waals surface area contributed by atoms with E-state index in [0.717, 1.165) is 50.1 Å². The molecular weight excluding hydrogens is 342 g/mol. The summed E-state index contributed by atoms with van der Waals surface area (Å²) in [6.45, 7) is 2.36. The van der Waals surface area contributed by atoms with Gasteiger partial charge in [-0.1, -0.05) is 0 Å². The number of hydrogen-bond donors (Lipinski definition) is 1. The van der Waals surface area contributed by atoms with Gasteiger partial charge < -0.3 is 9.88 Å². The average molecular weight is 364 g/mol. The molecule has 0 saturated carbocycles. The number of nitrogens with zero attached hydrogens (tertiary/aromatic N) is 5. The van der Waals surface area contributed by atoms with Gasteiger partial charge in [0.05, 0.1) is 12.0 Å². The van der Waals surface area contributed by atoms with Crippen molar-refractivity contribution in [2.75, 3.05) is 19.6 Å². The number of aryl methyl sites for hydroxylation is 1. The number of halogens is 2. The van der Waals surface area contributed by atoms with Gasteiger partial charge in [0.1, 0.15) is 0 Å². The van der Waals surface area contributed by atoms with Crippen LogP contribution in [0, 0.1) is 12.8 Å². The Balaban J connectivity index is 1.49. The smallest absolute Gasteiger partial charge is 0.333 e. The van der Waals surface area contributed by atoms with Crippen LogP contribution in [0.2, 0.25) is 0 Å². The van der Waals surface area contributed by atoms with Gasteiger partial charge in [0, 0.05) is 44.1 Å². The lowest BCUT2D eigenvalue weighted by Gasteiger charge is -2.35. The molecule has 1 N–H and O–H groups in total. The fourth-order valence-electron chi connectivity index (χ4n) is 4.02. The minimum Gasteiger partial charge on any atom is -0.348 e. The number of H-pyrrole nitrogens is 1. The minimum atomic E-state index is -2.73. The predicted octanol–water partition coefficient (Wildman–Crippen LogP) is 2.05. The van der Waals surface area contributed by atoms with Crippen molar-refractivity contribution in [2.45, 2.75) is 38.9 Å². The van der Waals surface area contributed by atoms with Crippen molar-refractivity contribution < 1.29 is 13.6 Å². The number of piperidine rings is 1. The van der Waals surface area contributed by atoms with Crippen molar-refractivity contribution in [1.29, 1.82) is 0 Å². The first-order valence-electron chi connectivity index (χ1n) is 8.86. The summed E-state index contributed by atoms with van der Waals surface area (Å²) in [7, 11) is 0. The standard InChI is InChI=1S/C17H22F2N6O/c1-11-15(21-10-20-11)9-23-6-12-2-3-13(8-23)24(7-12)16(26)14-4-5-25(22-14)17(18)19/h4-5,10,12-13,17H,2-3,6-9H2,1H3,(H,20,21)/t12-,13+/m1/s1. The third-order valence-electron chi connectivity index (χ3n) is 5.39. The molecule has 0 spiro atoms. The SMILES string of the molecule is Cc1[nH]cnc1CN1C[C@H]2CC[C@@H](C1)N(C(=O)c1ccn(C(F)F)n1)C2. The molecule has 7 nitrogen and oxygen atoms in total. The molecule has 5 rings (SSSR count). The van der Waals surface area contributed by atoms with Crippen LogP contribution in [0.25, 0.3) is 0 Å². The van der Waals surface area contributed by atoms with E-state index in [-0.39, 0.29) is 17.6 Å². The maximum atomic E-state index is 12.8. The average Bonchev–Trinajstić information content (AvgIpc) is 3.16. The highest BCUT2D eigenvalue weighted by atomic mass is 19.3. The molecule has 3 saturated heterocycles. The number of alkyl halides is 2. The van der Waals surface area contributed by atoms with Crippen LogP contribution in [0.4, 0.5) is 8.78 Å². The lowest BCUT2D eigenvalue weighted by atomic mass is 9.95. The predicted molar refractivity (Wildman–Crippen MR) is 89.6 cm³/mol. The Kier molecular flexibility index (Phi) is 4.47. The van der Waals surface area contributed by atoms with E-state index in [1.54, 1.807) is 6.33 Å². The second-order valence-electron chi connectivity index (χ2n) is 7.18. The molecule has 2 aromatic heterocycles. The van der Waals surface area contributed by atoms with Gasteiger partial charge in [0.25, 0.3) is 5.91 Å². The monoisotopic (exact) mass is 364 g/mol. The van der Waals surface area contributed by atoms with Crippen LogP contribution in [0.3, 0.4) is 0 Å². The summed E-state index contributed by atoms with van der Waals surface area (Å²) in [5.74, 6) is 0.131. The Labute approximate surface area is 150 Å². The van der Waals surface area contributed by atoms with Gasteiger partial charge in [0.2, 0.25) is 0 Å². The topological polar surface area (TPSA) is 70.1 Å². The number of aromatic nitrogens is 4. The van der Waals surface area contributed by atoms with Crippen LogP contribution in [-0.2, 0) is 6.54 Å². The molecule has 0 radical (unpaired) electrons. The molecule has 0 unspecified atom stereocenters. The molecule has 0 aliphatic carbocycles. The zero-order valence-electron chi connectivity index (χ0n) is 14.6. The fourth-order valence-corrected chi connectivity index (χ4v) is 4.02. The van der Waals surface area contributed by atoms with Crippen molar-refractivity contribution in [3.63, 3.8) is 0 Å². The van der Waals surface area contributed by atoms with Gasteiger partial charge in [-0.15, -0.1) is 0 Å². The van der Waals surface area contributed by atoms with Crippen LogP contribution in [0.5, 0.6) is 0 Å². The first-order chi connectivity index (χ1) is 12.5. The van der Waals surface area contributed by atoms with Crippen LogP contribution >= 0.6 is 0 Å². The van der Waals surface area contributed by atoms with E-state index in [2.05, 4.69) is 20.0 Å². The van der Waals surface area contributed by atoms with Gasteiger partial charge in [-0.3, -0.25) is 9.69 Å². The summed E-state index contributed by atoms with van der Waals surface area (Å²) in [5, 5.41) is 3.74. The molecule has 1 amide bonds. The van der Waals surface area contributed by atoms with Crippen LogP contribution < -0.4 is 0 Å². The number of imidazole rings is 1. The molecule has 3 aliphatic rings. The minimum absolute atomic E-state index is 0.0807. The molecule has 26 heavy (non-hydrogen) atoms. The molecule has 0 aromatic carbocycles. The van der Waals surface area contributed by atoms with Crippen LogP contribution in [-0.4, -0.2) is 61.1 Å². The molecular formula is C17H22F2N6O. The first-order valence-corrected chi connectivity index (χ1v) is 8.86. The lowest BCUT2D eigenvalue weighted by Crippen LogP contribution is -2.47. The zero-order chi connectivity index (χ0) is 18.3. The largest absolute Gasteiger partial charge is 0.348 e.